The second kappa shape index (κ2) is 16.9. The summed E-state index contributed by atoms with van der Waals surface area (Å²) in [6.45, 7) is 0.320. The fourth-order valence-electron chi connectivity index (χ4n) is 3.41. The molecule has 13 nitrogen and oxygen atoms in total. The van der Waals surface area contributed by atoms with Gasteiger partial charge in [0.05, 0.1) is 49.1 Å². The highest BCUT2D eigenvalue weighted by Gasteiger charge is 2.20. The monoisotopic (exact) mass is 781 g/mol. The molecule has 0 atom stereocenters. The lowest BCUT2D eigenvalue weighted by molar-refractivity contribution is -0.135. The van der Waals surface area contributed by atoms with Crippen LogP contribution in [0.25, 0.3) is 5.69 Å². The number of ether oxygens (including phenoxy) is 1. The van der Waals surface area contributed by atoms with E-state index in [9.17, 15) is 19.3 Å². The number of fused-ring (bicyclic) bond motifs is 1. The molecule has 1 aliphatic rings. The van der Waals surface area contributed by atoms with E-state index in [0.29, 0.717) is 42.5 Å². The van der Waals surface area contributed by atoms with E-state index in [4.69, 9.17) is 54.5 Å². The number of rotatable bonds is 7. The van der Waals surface area contributed by atoms with Crippen LogP contribution >= 0.6 is 62.7 Å². The van der Waals surface area contributed by atoms with Gasteiger partial charge in [-0.25, -0.2) is 4.79 Å². The fraction of sp³-hybridized carbons (Fsp3) is 0.280. The van der Waals surface area contributed by atoms with E-state index in [1.807, 2.05) is 6.07 Å². The van der Waals surface area contributed by atoms with E-state index in [1.165, 1.54) is 10.7 Å². The van der Waals surface area contributed by atoms with E-state index in [0.717, 1.165) is 25.1 Å². The van der Waals surface area contributed by atoms with Gasteiger partial charge in [0, 0.05) is 19.0 Å². The summed E-state index contributed by atoms with van der Waals surface area (Å²) in [5, 5.41) is 32.8. The topological polar surface area (TPSA) is 200 Å². The zero-order valence-electron chi connectivity index (χ0n) is 22.0. The minimum absolute atomic E-state index is 0.0788. The van der Waals surface area contributed by atoms with Gasteiger partial charge >= 0.3 is 19.3 Å². The SMILES string of the molecule is C#CCOc1cc(-n2nc3n(c2=O)CCCC3)c(Cl)cc1Cl.N#Cc1cc(Br)c(O)c(Br)c1.O=C(O)CNCP(=O)(O)O. The lowest BCUT2D eigenvalue weighted by Gasteiger charge is -2.09. The number of aromatic nitrogens is 3. The predicted molar refractivity (Wildman–Crippen MR) is 166 cm³/mol. The Morgan fingerprint density at radius 2 is 1.84 bits per heavy atom. The van der Waals surface area contributed by atoms with Gasteiger partial charge < -0.3 is 24.7 Å². The van der Waals surface area contributed by atoms with E-state index in [1.54, 1.807) is 22.8 Å². The summed E-state index contributed by atoms with van der Waals surface area (Å²) < 4.78 is 19.4. The minimum Gasteiger partial charge on any atom is -0.506 e. The zero-order valence-corrected chi connectivity index (χ0v) is 27.6. The lowest BCUT2D eigenvalue weighted by Crippen LogP contribution is -2.26. The molecule has 18 heteroatoms. The third-order valence-corrected chi connectivity index (χ3v) is 7.69. The van der Waals surface area contributed by atoms with Crippen LogP contribution in [0.3, 0.4) is 0 Å². The maximum absolute atomic E-state index is 12.5. The maximum Gasteiger partial charge on any atom is 0.350 e. The first-order chi connectivity index (χ1) is 20.2. The third-order valence-electron chi connectivity index (χ3n) is 5.25. The van der Waals surface area contributed by atoms with E-state index < -0.39 is 26.4 Å². The molecule has 0 aliphatic carbocycles. The number of carboxylic acid groups (broad SMARTS) is 1. The van der Waals surface area contributed by atoms with Crippen molar-refractivity contribution in [2.45, 2.75) is 25.8 Å². The molecule has 1 aliphatic heterocycles. The van der Waals surface area contributed by atoms with Crippen molar-refractivity contribution in [3.63, 3.8) is 0 Å². The molecule has 2 heterocycles. The molecule has 230 valence electrons. The number of phenolic OH excluding ortho intramolecular Hbond substituents is 1. The number of terminal acetylenes is 1. The van der Waals surface area contributed by atoms with Crippen LogP contribution in [-0.2, 0) is 22.3 Å². The normalized spacial score (nSPS) is 11.9. The molecule has 0 radical (unpaired) electrons. The lowest BCUT2D eigenvalue weighted by atomic mass is 10.2. The molecule has 43 heavy (non-hydrogen) atoms. The van der Waals surface area contributed by atoms with Gasteiger partial charge in [-0.15, -0.1) is 11.5 Å². The molecular formula is C25H24Br2Cl2N5O8P. The summed E-state index contributed by atoms with van der Waals surface area (Å²) in [4.78, 5) is 38.6. The molecule has 5 N–H and O–H groups in total. The number of carbonyl (C=O) groups is 1. The molecule has 1 aromatic heterocycles. The average molecular weight is 784 g/mol. The maximum atomic E-state index is 12.5. The molecule has 0 saturated heterocycles. The highest BCUT2D eigenvalue weighted by Crippen LogP contribution is 2.34. The molecular weight excluding hydrogens is 760 g/mol. The standard InChI is InChI=1S/C15H13Cl2N3O2.C7H3Br2NO.C3H8NO5P/c1-2-7-22-13-9-12(10(16)8-11(13)17)20-15(21)19-6-4-3-5-14(19)18-20;8-5-1-4(3-10)2-6(9)7(5)11;5-3(6)1-4-2-10(7,8)9/h1,8-9H,3-7H2;1-2,11H;4H,1-2H2,(H,5,6)(H2,7,8,9). The van der Waals surface area contributed by atoms with Gasteiger partial charge in [0.1, 0.15) is 23.9 Å². The highest BCUT2D eigenvalue weighted by molar-refractivity contribution is 9.11. The van der Waals surface area contributed by atoms with E-state index in [2.05, 4.69) is 48.2 Å². The Bertz CT molecular complexity index is 1640. The molecule has 0 unspecified atom stereocenters. The van der Waals surface area contributed by atoms with Crippen molar-refractivity contribution in [1.82, 2.24) is 19.7 Å². The molecule has 0 spiro atoms. The van der Waals surface area contributed by atoms with Crippen LogP contribution in [0.1, 0.15) is 24.2 Å². The first kappa shape index (κ1) is 36.3. The summed E-state index contributed by atoms with van der Waals surface area (Å²) in [7, 11) is -4.10. The Balaban J connectivity index is 0.000000258. The Hall–Kier alpha value is -2.85. The van der Waals surface area contributed by atoms with E-state index in [-0.39, 0.29) is 18.0 Å². The van der Waals surface area contributed by atoms with Crippen LogP contribution in [0, 0.1) is 23.7 Å². The van der Waals surface area contributed by atoms with Crippen LogP contribution in [0.5, 0.6) is 11.5 Å². The third kappa shape index (κ3) is 11.3. The number of nitriles is 1. The minimum atomic E-state index is -4.10. The Labute approximate surface area is 272 Å². The van der Waals surface area contributed by atoms with Gasteiger partial charge in [0.2, 0.25) is 0 Å². The van der Waals surface area contributed by atoms with Gasteiger partial charge in [-0.05, 0) is 62.9 Å². The number of aliphatic carboxylic acids is 1. The van der Waals surface area contributed by atoms with Crippen LogP contribution in [0.2, 0.25) is 10.0 Å². The van der Waals surface area contributed by atoms with Gasteiger partial charge in [-0.1, -0.05) is 29.1 Å². The number of hydrogen-bond acceptors (Lipinski definition) is 8. The summed E-state index contributed by atoms with van der Waals surface area (Å²) in [5.74, 6) is 2.48. The van der Waals surface area contributed by atoms with Gasteiger partial charge in [0.25, 0.3) is 0 Å². The number of phenols is 1. The number of benzene rings is 2. The Morgan fingerprint density at radius 3 is 2.37 bits per heavy atom. The summed E-state index contributed by atoms with van der Waals surface area (Å²) in [5.41, 5.74) is 0.730. The summed E-state index contributed by atoms with van der Waals surface area (Å²) in [6, 6.07) is 8.18. The number of aryl methyl sites for hydroxylation is 1. The van der Waals surface area contributed by atoms with Crippen molar-refractivity contribution < 1.29 is 34.1 Å². The number of hydrogen-bond donors (Lipinski definition) is 5. The summed E-state index contributed by atoms with van der Waals surface area (Å²) in [6.07, 6.45) is 7.37. The van der Waals surface area contributed by atoms with Crippen molar-refractivity contribution in [3.05, 3.63) is 65.1 Å². The summed E-state index contributed by atoms with van der Waals surface area (Å²) >= 11 is 18.5. The van der Waals surface area contributed by atoms with Gasteiger partial charge in [0.15, 0.2) is 0 Å². The molecule has 0 saturated carbocycles. The van der Waals surface area contributed by atoms with Crippen LogP contribution in [-0.4, -0.2) is 59.8 Å². The molecule has 0 amide bonds. The molecule has 4 rings (SSSR count). The highest BCUT2D eigenvalue weighted by atomic mass is 79.9. The van der Waals surface area contributed by atoms with Crippen molar-refractivity contribution >= 4 is 68.6 Å². The molecule has 0 bridgehead atoms. The van der Waals surface area contributed by atoms with Crippen LogP contribution in [0.15, 0.2) is 38.0 Å². The van der Waals surface area contributed by atoms with Crippen molar-refractivity contribution in [1.29, 1.82) is 5.26 Å². The van der Waals surface area contributed by atoms with Crippen molar-refractivity contribution in [3.8, 4) is 35.6 Å². The van der Waals surface area contributed by atoms with Gasteiger partial charge in [-0.2, -0.15) is 9.94 Å². The second-order valence-corrected chi connectivity index (χ2v) is 12.7. The smallest absolute Gasteiger partial charge is 0.350 e. The Morgan fingerprint density at radius 1 is 1.19 bits per heavy atom. The largest absolute Gasteiger partial charge is 0.506 e. The number of nitrogens with zero attached hydrogens (tertiary/aromatic N) is 4. The second-order valence-electron chi connectivity index (χ2n) is 8.49. The Kier molecular flexibility index (Phi) is 14.2. The number of nitrogens with one attached hydrogen (secondary N) is 1. The number of halogens is 4. The first-order valence-electron chi connectivity index (χ1n) is 12.0. The van der Waals surface area contributed by atoms with Crippen molar-refractivity contribution in [2.24, 2.45) is 0 Å². The fourth-order valence-corrected chi connectivity index (χ4v) is 5.51. The van der Waals surface area contributed by atoms with Crippen LogP contribution < -0.4 is 15.7 Å². The molecule has 0 fully saturated rings. The average Bonchev–Trinajstić information content (AvgIpc) is 3.27. The van der Waals surface area contributed by atoms with Crippen LogP contribution in [0.4, 0.5) is 0 Å². The number of aromatic hydroxyl groups is 1. The van der Waals surface area contributed by atoms with Gasteiger partial charge in [-0.3, -0.25) is 19.2 Å². The predicted octanol–water partition coefficient (Wildman–Crippen LogP) is 4.27. The number of carboxylic acids is 1. The first-order valence-corrected chi connectivity index (χ1v) is 16.1. The molecule has 3 aromatic rings. The quantitative estimate of drug-likeness (QED) is 0.169. The molecule has 2 aromatic carbocycles. The van der Waals surface area contributed by atoms with Crippen molar-refractivity contribution in [2.75, 3.05) is 19.4 Å². The zero-order chi connectivity index (χ0) is 32.3. The van der Waals surface area contributed by atoms with E-state index >= 15 is 0 Å².